The molecular formula is C14H10Br2ClFO. The molecule has 0 fully saturated rings. The van der Waals surface area contributed by atoms with Gasteiger partial charge in [-0.3, -0.25) is 0 Å². The number of aliphatic hydroxyl groups excluding tert-OH is 1. The molecule has 0 aliphatic heterocycles. The van der Waals surface area contributed by atoms with E-state index in [4.69, 9.17) is 11.6 Å². The van der Waals surface area contributed by atoms with Crippen LogP contribution in [-0.2, 0) is 6.42 Å². The van der Waals surface area contributed by atoms with Crippen molar-refractivity contribution in [2.24, 2.45) is 0 Å². The minimum Gasteiger partial charge on any atom is -0.388 e. The lowest BCUT2D eigenvalue weighted by atomic mass is 10.0. The van der Waals surface area contributed by atoms with Gasteiger partial charge in [-0.05, 0) is 41.5 Å². The molecule has 0 aliphatic rings. The van der Waals surface area contributed by atoms with Crippen molar-refractivity contribution in [3.63, 3.8) is 0 Å². The lowest BCUT2D eigenvalue weighted by molar-refractivity contribution is 0.177. The molecule has 1 atom stereocenters. The van der Waals surface area contributed by atoms with Gasteiger partial charge in [-0.25, -0.2) is 4.39 Å². The third kappa shape index (κ3) is 3.78. The van der Waals surface area contributed by atoms with E-state index < -0.39 is 11.9 Å². The molecule has 2 aromatic rings. The zero-order valence-electron chi connectivity index (χ0n) is 9.71. The van der Waals surface area contributed by atoms with E-state index in [0.29, 0.717) is 12.0 Å². The second-order valence-electron chi connectivity index (χ2n) is 4.13. The fourth-order valence-electron chi connectivity index (χ4n) is 1.77. The van der Waals surface area contributed by atoms with Crippen LogP contribution in [0, 0.1) is 5.82 Å². The predicted molar refractivity (Wildman–Crippen MR) is 81.9 cm³/mol. The van der Waals surface area contributed by atoms with Crippen molar-refractivity contribution in [2.45, 2.75) is 12.5 Å². The molecule has 2 rings (SSSR count). The Kier molecular flexibility index (Phi) is 5.01. The summed E-state index contributed by atoms with van der Waals surface area (Å²) in [7, 11) is 0. The molecular weight excluding hydrogens is 398 g/mol. The first-order valence-corrected chi connectivity index (χ1v) is 7.50. The van der Waals surface area contributed by atoms with Gasteiger partial charge in [-0.2, -0.15) is 0 Å². The van der Waals surface area contributed by atoms with Crippen LogP contribution in [0.25, 0.3) is 0 Å². The van der Waals surface area contributed by atoms with Crippen LogP contribution in [0.15, 0.2) is 45.3 Å². The lowest BCUT2D eigenvalue weighted by Crippen LogP contribution is -2.03. The maximum Gasteiger partial charge on any atom is 0.142 e. The molecule has 1 unspecified atom stereocenters. The molecule has 1 N–H and O–H groups in total. The summed E-state index contributed by atoms with van der Waals surface area (Å²) in [5, 5.41) is 10.3. The van der Waals surface area contributed by atoms with Crippen LogP contribution < -0.4 is 0 Å². The van der Waals surface area contributed by atoms with Gasteiger partial charge in [0.25, 0.3) is 0 Å². The Labute approximate surface area is 132 Å². The molecule has 0 aromatic heterocycles. The van der Waals surface area contributed by atoms with Gasteiger partial charge in [-0.15, -0.1) is 0 Å². The van der Waals surface area contributed by atoms with Gasteiger partial charge in [0, 0.05) is 15.4 Å². The van der Waals surface area contributed by atoms with Crippen molar-refractivity contribution in [3.05, 3.63) is 67.3 Å². The van der Waals surface area contributed by atoms with Gasteiger partial charge < -0.3 is 5.11 Å². The maximum absolute atomic E-state index is 13.3. The SMILES string of the molecule is OC(Cc1ccc(Cl)c(F)c1)c1cc(Br)ccc1Br. The van der Waals surface area contributed by atoms with Gasteiger partial charge in [0.15, 0.2) is 0 Å². The number of aliphatic hydroxyl groups is 1. The van der Waals surface area contributed by atoms with E-state index in [2.05, 4.69) is 31.9 Å². The zero-order valence-corrected chi connectivity index (χ0v) is 13.6. The molecule has 0 bridgehead atoms. The van der Waals surface area contributed by atoms with Crippen LogP contribution >= 0.6 is 43.5 Å². The first-order valence-electron chi connectivity index (χ1n) is 5.54. The molecule has 5 heteroatoms. The highest BCUT2D eigenvalue weighted by molar-refractivity contribution is 9.11. The van der Waals surface area contributed by atoms with E-state index in [1.165, 1.54) is 12.1 Å². The van der Waals surface area contributed by atoms with Crippen LogP contribution in [0.2, 0.25) is 5.02 Å². The van der Waals surface area contributed by atoms with Crippen molar-refractivity contribution < 1.29 is 9.50 Å². The summed E-state index contributed by atoms with van der Waals surface area (Å²) >= 11 is 12.4. The van der Waals surface area contributed by atoms with Crippen LogP contribution in [0.1, 0.15) is 17.2 Å². The Morgan fingerprint density at radius 1 is 1.16 bits per heavy atom. The highest BCUT2D eigenvalue weighted by Gasteiger charge is 2.13. The third-order valence-corrected chi connectivity index (χ3v) is 4.25. The average Bonchev–Trinajstić information content (AvgIpc) is 2.36. The molecule has 0 saturated heterocycles. The summed E-state index contributed by atoms with van der Waals surface area (Å²) in [4.78, 5) is 0. The van der Waals surface area contributed by atoms with Gasteiger partial charge in [0.1, 0.15) is 5.82 Å². The van der Waals surface area contributed by atoms with Crippen molar-refractivity contribution in [3.8, 4) is 0 Å². The second kappa shape index (κ2) is 6.35. The lowest BCUT2D eigenvalue weighted by Gasteiger charge is -2.13. The van der Waals surface area contributed by atoms with Gasteiger partial charge >= 0.3 is 0 Å². The average molecular weight is 408 g/mol. The maximum atomic E-state index is 13.3. The molecule has 1 nitrogen and oxygen atoms in total. The normalized spacial score (nSPS) is 12.5. The van der Waals surface area contributed by atoms with Crippen LogP contribution in [-0.4, -0.2) is 5.11 Å². The summed E-state index contributed by atoms with van der Waals surface area (Å²) in [6.45, 7) is 0. The van der Waals surface area contributed by atoms with E-state index in [-0.39, 0.29) is 5.02 Å². The molecule has 100 valence electrons. The minimum absolute atomic E-state index is 0.0851. The molecule has 0 spiro atoms. The van der Waals surface area contributed by atoms with Crippen molar-refractivity contribution >= 4 is 43.5 Å². The zero-order chi connectivity index (χ0) is 14.0. The Bertz CT molecular complexity index is 604. The highest BCUT2D eigenvalue weighted by atomic mass is 79.9. The standard InChI is InChI=1S/C14H10Br2ClFO/c15-9-2-3-11(16)10(7-9)14(19)6-8-1-4-12(17)13(18)5-8/h1-5,7,14,19H,6H2. The van der Waals surface area contributed by atoms with E-state index in [1.54, 1.807) is 6.07 Å². The number of benzene rings is 2. The monoisotopic (exact) mass is 406 g/mol. The largest absolute Gasteiger partial charge is 0.388 e. The van der Waals surface area contributed by atoms with E-state index >= 15 is 0 Å². The summed E-state index contributed by atoms with van der Waals surface area (Å²) < 4.78 is 15.0. The van der Waals surface area contributed by atoms with Crippen LogP contribution in [0.4, 0.5) is 4.39 Å². The van der Waals surface area contributed by atoms with Crippen LogP contribution in [0.5, 0.6) is 0 Å². The van der Waals surface area contributed by atoms with Crippen LogP contribution in [0.3, 0.4) is 0 Å². The molecule has 0 heterocycles. The summed E-state index contributed by atoms with van der Waals surface area (Å²) in [5.41, 5.74) is 1.45. The first-order chi connectivity index (χ1) is 8.97. The molecule has 2 aromatic carbocycles. The molecule has 0 saturated carbocycles. The molecule has 19 heavy (non-hydrogen) atoms. The predicted octanol–water partition coefficient (Wildman–Crippen LogP) is 5.28. The van der Waals surface area contributed by atoms with Gasteiger partial charge in [0.05, 0.1) is 11.1 Å². The summed E-state index contributed by atoms with van der Waals surface area (Å²) in [5.74, 6) is -0.473. The quantitative estimate of drug-likeness (QED) is 0.733. The fourth-order valence-corrected chi connectivity index (χ4v) is 2.78. The Morgan fingerprint density at radius 2 is 1.89 bits per heavy atom. The first kappa shape index (κ1) is 15.0. The molecule has 0 amide bonds. The number of halogens is 4. The van der Waals surface area contributed by atoms with Crippen molar-refractivity contribution in [1.82, 2.24) is 0 Å². The smallest absolute Gasteiger partial charge is 0.142 e. The Balaban J connectivity index is 2.22. The fraction of sp³-hybridized carbons (Fsp3) is 0.143. The van der Waals surface area contributed by atoms with Crippen molar-refractivity contribution in [2.75, 3.05) is 0 Å². The highest BCUT2D eigenvalue weighted by Crippen LogP contribution is 2.29. The second-order valence-corrected chi connectivity index (χ2v) is 6.31. The van der Waals surface area contributed by atoms with Gasteiger partial charge in [0.2, 0.25) is 0 Å². The number of hydrogen-bond acceptors (Lipinski definition) is 1. The minimum atomic E-state index is -0.715. The summed E-state index contributed by atoms with van der Waals surface area (Å²) in [6.07, 6.45) is -0.393. The van der Waals surface area contributed by atoms with Gasteiger partial charge in [-0.1, -0.05) is 49.5 Å². The Hall–Kier alpha value is -0.420. The van der Waals surface area contributed by atoms with E-state index in [9.17, 15) is 9.50 Å². The van der Waals surface area contributed by atoms with E-state index in [1.807, 2.05) is 18.2 Å². The van der Waals surface area contributed by atoms with Crippen molar-refractivity contribution in [1.29, 1.82) is 0 Å². The topological polar surface area (TPSA) is 20.2 Å². The van der Waals surface area contributed by atoms with E-state index in [0.717, 1.165) is 14.5 Å². The third-order valence-electron chi connectivity index (χ3n) is 2.73. The number of rotatable bonds is 3. The molecule has 0 aliphatic carbocycles. The molecule has 0 radical (unpaired) electrons. The Morgan fingerprint density at radius 3 is 2.58 bits per heavy atom. The number of hydrogen-bond donors (Lipinski definition) is 1. The summed E-state index contributed by atoms with van der Waals surface area (Å²) in [6, 6.07) is 10.1.